The molecule has 2 heterocycles. The number of hydrogen-bond donors (Lipinski definition) is 1. The van der Waals surface area contributed by atoms with Gasteiger partial charge in [0.2, 0.25) is 0 Å². The number of nitrogens with zero attached hydrogens (tertiary/aromatic N) is 3. The summed E-state index contributed by atoms with van der Waals surface area (Å²) < 4.78 is 40.1. The Hall–Kier alpha value is -2.90. The van der Waals surface area contributed by atoms with Crippen molar-refractivity contribution in [2.45, 2.75) is 39.5 Å². The van der Waals surface area contributed by atoms with E-state index in [1.165, 1.54) is 12.1 Å². The largest absolute Gasteiger partial charge is 0.416 e. The van der Waals surface area contributed by atoms with Gasteiger partial charge >= 0.3 is 6.18 Å². The molecule has 0 saturated carbocycles. The van der Waals surface area contributed by atoms with Crippen LogP contribution in [-0.2, 0) is 12.7 Å². The van der Waals surface area contributed by atoms with Crippen molar-refractivity contribution in [2.75, 3.05) is 0 Å². The summed E-state index contributed by atoms with van der Waals surface area (Å²) in [6, 6.07) is 6.72. The molecule has 0 unspecified atom stereocenters. The minimum atomic E-state index is -4.41. The first-order chi connectivity index (χ1) is 12.7. The number of pyridine rings is 1. The molecule has 0 radical (unpaired) electrons. The van der Waals surface area contributed by atoms with Crippen LogP contribution in [0.2, 0.25) is 0 Å². The number of aromatic nitrogens is 3. The molecule has 142 valence electrons. The first kappa shape index (κ1) is 18.9. The van der Waals surface area contributed by atoms with Gasteiger partial charge in [0, 0.05) is 18.0 Å². The summed E-state index contributed by atoms with van der Waals surface area (Å²) in [6.45, 7) is 5.68. The van der Waals surface area contributed by atoms with E-state index in [-0.39, 0.29) is 12.6 Å². The number of hydrogen-bond acceptors (Lipinski definition) is 3. The molecule has 1 aromatic carbocycles. The van der Waals surface area contributed by atoms with Crippen LogP contribution in [0.3, 0.4) is 0 Å². The van der Waals surface area contributed by atoms with E-state index in [0.717, 1.165) is 17.5 Å². The van der Waals surface area contributed by atoms with Gasteiger partial charge in [-0.2, -0.15) is 18.3 Å². The molecule has 3 aromatic rings. The first-order valence-corrected chi connectivity index (χ1v) is 8.46. The SMILES string of the molecule is Cc1nc2c(cnn2C(C)C)cc1C(=O)NCc1cccc(C(F)(F)F)c1. The summed E-state index contributed by atoms with van der Waals surface area (Å²) >= 11 is 0. The van der Waals surface area contributed by atoms with E-state index in [2.05, 4.69) is 15.4 Å². The van der Waals surface area contributed by atoms with Crippen LogP contribution in [0.5, 0.6) is 0 Å². The molecule has 0 bridgehead atoms. The number of nitrogens with one attached hydrogen (secondary N) is 1. The maximum Gasteiger partial charge on any atom is 0.416 e. The van der Waals surface area contributed by atoms with Gasteiger partial charge in [-0.05, 0) is 44.5 Å². The molecular weight excluding hydrogens is 357 g/mol. The average molecular weight is 376 g/mol. The zero-order chi connectivity index (χ0) is 19.8. The van der Waals surface area contributed by atoms with E-state index >= 15 is 0 Å². The zero-order valence-electron chi connectivity index (χ0n) is 15.1. The third kappa shape index (κ3) is 3.94. The molecule has 0 aliphatic heterocycles. The predicted molar refractivity (Wildman–Crippen MR) is 95.3 cm³/mol. The van der Waals surface area contributed by atoms with Crippen LogP contribution in [0.15, 0.2) is 36.5 Å². The van der Waals surface area contributed by atoms with Crippen molar-refractivity contribution in [1.82, 2.24) is 20.1 Å². The third-order valence-corrected chi connectivity index (χ3v) is 4.20. The van der Waals surface area contributed by atoms with Crippen LogP contribution in [0.1, 0.15) is 47.1 Å². The van der Waals surface area contributed by atoms with Crippen LogP contribution < -0.4 is 5.32 Å². The van der Waals surface area contributed by atoms with Crippen molar-refractivity contribution in [3.63, 3.8) is 0 Å². The molecule has 0 saturated heterocycles. The molecule has 5 nitrogen and oxygen atoms in total. The Morgan fingerprint density at radius 2 is 2.00 bits per heavy atom. The molecule has 0 spiro atoms. The molecule has 0 atom stereocenters. The number of fused-ring (bicyclic) bond motifs is 1. The van der Waals surface area contributed by atoms with E-state index < -0.39 is 17.6 Å². The van der Waals surface area contributed by atoms with Gasteiger partial charge in [0.05, 0.1) is 23.0 Å². The van der Waals surface area contributed by atoms with Crippen molar-refractivity contribution in [3.8, 4) is 0 Å². The number of amides is 1. The van der Waals surface area contributed by atoms with Gasteiger partial charge in [0.25, 0.3) is 5.91 Å². The molecule has 8 heteroatoms. The van der Waals surface area contributed by atoms with Gasteiger partial charge in [0.1, 0.15) is 0 Å². The third-order valence-electron chi connectivity index (χ3n) is 4.20. The predicted octanol–water partition coefficient (Wildman–Crippen LogP) is 4.27. The summed E-state index contributed by atoms with van der Waals surface area (Å²) in [5.41, 5.74) is 1.23. The fourth-order valence-electron chi connectivity index (χ4n) is 2.81. The van der Waals surface area contributed by atoms with E-state index in [1.807, 2.05) is 13.8 Å². The zero-order valence-corrected chi connectivity index (χ0v) is 15.1. The summed E-state index contributed by atoms with van der Waals surface area (Å²) in [5.74, 6) is -0.392. The van der Waals surface area contributed by atoms with Crippen molar-refractivity contribution >= 4 is 16.9 Å². The second-order valence-electron chi connectivity index (χ2n) is 6.60. The van der Waals surface area contributed by atoms with Gasteiger partial charge in [0.15, 0.2) is 5.65 Å². The Balaban J connectivity index is 1.80. The summed E-state index contributed by atoms with van der Waals surface area (Å²) in [5, 5.41) is 7.67. The lowest BCUT2D eigenvalue weighted by Crippen LogP contribution is -2.24. The van der Waals surface area contributed by atoms with Crippen LogP contribution in [0.4, 0.5) is 13.2 Å². The molecule has 0 aliphatic carbocycles. The van der Waals surface area contributed by atoms with Crippen molar-refractivity contribution < 1.29 is 18.0 Å². The van der Waals surface area contributed by atoms with E-state index in [1.54, 1.807) is 23.9 Å². The fourth-order valence-corrected chi connectivity index (χ4v) is 2.81. The highest BCUT2D eigenvalue weighted by Crippen LogP contribution is 2.29. The molecule has 0 fully saturated rings. The maximum absolute atomic E-state index is 12.8. The number of alkyl halides is 3. The van der Waals surface area contributed by atoms with Crippen molar-refractivity contribution in [2.24, 2.45) is 0 Å². The van der Waals surface area contributed by atoms with Gasteiger partial charge < -0.3 is 5.32 Å². The lowest BCUT2D eigenvalue weighted by atomic mass is 10.1. The Labute approximate surface area is 154 Å². The average Bonchev–Trinajstić information content (AvgIpc) is 3.01. The Bertz CT molecular complexity index is 992. The van der Waals surface area contributed by atoms with Crippen LogP contribution in [0, 0.1) is 6.92 Å². The monoisotopic (exact) mass is 376 g/mol. The van der Waals surface area contributed by atoms with Gasteiger partial charge in [-0.25, -0.2) is 9.67 Å². The van der Waals surface area contributed by atoms with Crippen molar-refractivity contribution in [3.05, 3.63) is 58.9 Å². The van der Waals surface area contributed by atoms with E-state index in [0.29, 0.717) is 22.5 Å². The van der Waals surface area contributed by atoms with Gasteiger partial charge in [-0.3, -0.25) is 4.79 Å². The Morgan fingerprint density at radius 1 is 1.26 bits per heavy atom. The van der Waals surface area contributed by atoms with Gasteiger partial charge in [-0.1, -0.05) is 12.1 Å². The highest BCUT2D eigenvalue weighted by Gasteiger charge is 2.30. The molecule has 0 aliphatic rings. The molecule has 2 aromatic heterocycles. The molecule has 1 amide bonds. The second-order valence-corrected chi connectivity index (χ2v) is 6.60. The number of aryl methyl sites for hydroxylation is 1. The molecule has 27 heavy (non-hydrogen) atoms. The summed E-state index contributed by atoms with van der Waals surface area (Å²) in [6.07, 6.45) is -2.77. The smallest absolute Gasteiger partial charge is 0.348 e. The number of benzene rings is 1. The lowest BCUT2D eigenvalue weighted by molar-refractivity contribution is -0.137. The molecular formula is C19H19F3N4O. The van der Waals surface area contributed by atoms with Crippen LogP contribution >= 0.6 is 0 Å². The minimum Gasteiger partial charge on any atom is -0.348 e. The Morgan fingerprint density at radius 3 is 2.67 bits per heavy atom. The standard InChI is InChI=1S/C19H19F3N4O/c1-11(2)26-17-14(10-24-26)8-16(12(3)25-17)18(27)23-9-13-5-4-6-15(7-13)19(20,21)22/h4-8,10-11H,9H2,1-3H3,(H,23,27). The number of carbonyl (C=O) groups excluding carboxylic acids is 1. The van der Waals surface area contributed by atoms with E-state index in [9.17, 15) is 18.0 Å². The summed E-state index contributed by atoms with van der Waals surface area (Å²) in [7, 11) is 0. The minimum absolute atomic E-state index is 0.00845. The summed E-state index contributed by atoms with van der Waals surface area (Å²) in [4.78, 5) is 17.0. The molecule has 1 N–H and O–H groups in total. The van der Waals surface area contributed by atoms with E-state index in [4.69, 9.17) is 0 Å². The maximum atomic E-state index is 12.8. The lowest BCUT2D eigenvalue weighted by Gasteiger charge is -2.11. The normalized spacial score (nSPS) is 12.0. The highest BCUT2D eigenvalue weighted by molar-refractivity contribution is 5.98. The number of halogens is 3. The van der Waals surface area contributed by atoms with Crippen LogP contribution in [-0.4, -0.2) is 20.7 Å². The van der Waals surface area contributed by atoms with Gasteiger partial charge in [-0.15, -0.1) is 0 Å². The highest BCUT2D eigenvalue weighted by atomic mass is 19.4. The molecule has 3 rings (SSSR count). The second kappa shape index (κ2) is 7.02. The number of rotatable bonds is 4. The first-order valence-electron chi connectivity index (χ1n) is 8.46. The Kier molecular flexibility index (Phi) is 4.91. The quantitative estimate of drug-likeness (QED) is 0.740. The van der Waals surface area contributed by atoms with Crippen LogP contribution in [0.25, 0.3) is 11.0 Å². The number of carbonyl (C=O) groups is 1. The topological polar surface area (TPSA) is 59.8 Å². The fraction of sp³-hybridized carbons (Fsp3) is 0.316. The van der Waals surface area contributed by atoms with Crippen molar-refractivity contribution in [1.29, 1.82) is 0 Å².